The van der Waals surface area contributed by atoms with Gasteiger partial charge in [-0.3, -0.25) is 0 Å². The molecule has 0 fully saturated rings. The number of methoxy groups -OCH3 is 1. The van der Waals surface area contributed by atoms with Crippen LogP contribution in [0.15, 0.2) is 27.8 Å². The predicted molar refractivity (Wildman–Crippen MR) is 54.3 cm³/mol. The number of esters is 1. The molecular formula is C8H6BrN3O2. The van der Waals surface area contributed by atoms with Crippen molar-refractivity contribution in [2.24, 2.45) is 5.11 Å². The van der Waals surface area contributed by atoms with Crippen LogP contribution in [-0.4, -0.2) is 13.1 Å². The second kappa shape index (κ2) is 4.64. The molecule has 0 aliphatic carbocycles. The van der Waals surface area contributed by atoms with Gasteiger partial charge in [0.05, 0.1) is 12.7 Å². The Morgan fingerprint density at radius 2 is 2.29 bits per heavy atom. The fourth-order valence-corrected chi connectivity index (χ4v) is 1.40. The molecule has 0 amide bonds. The highest BCUT2D eigenvalue weighted by Gasteiger charge is 2.06. The minimum absolute atomic E-state index is 0.337. The Balaban J connectivity index is 3.19. The van der Waals surface area contributed by atoms with Crippen molar-refractivity contribution < 1.29 is 9.53 Å². The van der Waals surface area contributed by atoms with Gasteiger partial charge in [0.15, 0.2) is 0 Å². The lowest BCUT2D eigenvalue weighted by atomic mass is 10.2. The summed E-state index contributed by atoms with van der Waals surface area (Å²) in [6.07, 6.45) is 0. The lowest BCUT2D eigenvalue weighted by Crippen LogP contribution is -2.00. The van der Waals surface area contributed by atoms with Crippen LogP contribution in [-0.2, 0) is 4.74 Å². The van der Waals surface area contributed by atoms with Gasteiger partial charge in [-0.1, -0.05) is 21.0 Å². The number of hydrogen-bond acceptors (Lipinski definition) is 3. The Kier molecular flexibility index (Phi) is 3.50. The first-order valence-electron chi connectivity index (χ1n) is 3.61. The lowest BCUT2D eigenvalue weighted by molar-refractivity contribution is 0.0600. The molecule has 0 aliphatic heterocycles. The Bertz CT molecular complexity index is 413. The summed E-state index contributed by atoms with van der Waals surface area (Å²) in [6.45, 7) is 0. The van der Waals surface area contributed by atoms with E-state index in [2.05, 4.69) is 30.7 Å². The van der Waals surface area contributed by atoms with Crippen molar-refractivity contribution in [3.8, 4) is 0 Å². The Hall–Kier alpha value is -1.52. The van der Waals surface area contributed by atoms with Crippen LogP contribution in [0.25, 0.3) is 10.4 Å². The molecule has 6 heteroatoms. The fraction of sp³-hybridized carbons (Fsp3) is 0.125. The zero-order valence-corrected chi connectivity index (χ0v) is 8.85. The number of nitrogens with zero attached hydrogens (tertiary/aromatic N) is 3. The molecule has 1 aromatic rings. The number of rotatable bonds is 2. The number of carbonyl (C=O) groups is 1. The number of halogens is 1. The van der Waals surface area contributed by atoms with Crippen molar-refractivity contribution in [2.45, 2.75) is 0 Å². The van der Waals surface area contributed by atoms with E-state index < -0.39 is 5.97 Å². The van der Waals surface area contributed by atoms with E-state index >= 15 is 0 Å². The second-order valence-electron chi connectivity index (χ2n) is 2.38. The van der Waals surface area contributed by atoms with Crippen molar-refractivity contribution >= 4 is 27.6 Å². The van der Waals surface area contributed by atoms with E-state index in [0.29, 0.717) is 15.7 Å². The monoisotopic (exact) mass is 255 g/mol. The number of ether oxygens (including phenoxy) is 1. The maximum atomic E-state index is 11.1. The van der Waals surface area contributed by atoms with Gasteiger partial charge in [-0.2, -0.15) is 0 Å². The second-order valence-corrected chi connectivity index (χ2v) is 3.29. The molecule has 0 saturated heterocycles. The summed E-state index contributed by atoms with van der Waals surface area (Å²) in [5, 5.41) is 3.39. The van der Waals surface area contributed by atoms with Gasteiger partial charge >= 0.3 is 5.97 Å². The minimum atomic E-state index is -0.472. The summed E-state index contributed by atoms with van der Waals surface area (Å²) in [5.74, 6) is -0.472. The van der Waals surface area contributed by atoms with Crippen LogP contribution in [0.5, 0.6) is 0 Å². The molecular weight excluding hydrogens is 250 g/mol. The molecule has 0 spiro atoms. The highest BCUT2D eigenvalue weighted by molar-refractivity contribution is 9.10. The van der Waals surface area contributed by atoms with Crippen LogP contribution in [0, 0.1) is 0 Å². The summed E-state index contributed by atoms with van der Waals surface area (Å²) in [7, 11) is 1.29. The molecule has 0 N–H and O–H groups in total. The van der Waals surface area contributed by atoms with Gasteiger partial charge in [-0.15, -0.1) is 0 Å². The molecule has 0 heterocycles. The van der Waals surface area contributed by atoms with E-state index in [4.69, 9.17) is 5.53 Å². The molecule has 14 heavy (non-hydrogen) atoms. The van der Waals surface area contributed by atoms with Gasteiger partial charge in [0.2, 0.25) is 0 Å². The van der Waals surface area contributed by atoms with Crippen molar-refractivity contribution in [3.05, 3.63) is 38.7 Å². The van der Waals surface area contributed by atoms with Crippen LogP contribution in [0.4, 0.5) is 5.69 Å². The third kappa shape index (κ3) is 2.48. The third-order valence-corrected chi connectivity index (χ3v) is 1.92. The average molecular weight is 256 g/mol. The first-order chi connectivity index (χ1) is 6.67. The van der Waals surface area contributed by atoms with Crippen molar-refractivity contribution in [2.75, 3.05) is 7.11 Å². The van der Waals surface area contributed by atoms with Gasteiger partial charge in [-0.05, 0) is 23.7 Å². The van der Waals surface area contributed by atoms with E-state index in [0.717, 1.165) is 0 Å². The van der Waals surface area contributed by atoms with Crippen molar-refractivity contribution in [1.29, 1.82) is 0 Å². The Morgan fingerprint density at radius 1 is 1.57 bits per heavy atom. The number of azide groups is 1. The van der Waals surface area contributed by atoms with Gasteiger partial charge in [-0.25, -0.2) is 4.79 Å². The van der Waals surface area contributed by atoms with E-state index in [1.807, 2.05) is 0 Å². The largest absolute Gasteiger partial charge is 0.465 e. The number of carbonyl (C=O) groups excluding carboxylic acids is 1. The molecule has 0 aromatic heterocycles. The third-order valence-electron chi connectivity index (χ3n) is 1.46. The van der Waals surface area contributed by atoms with Crippen LogP contribution in [0.3, 0.4) is 0 Å². The maximum Gasteiger partial charge on any atom is 0.337 e. The Morgan fingerprint density at radius 3 is 2.86 bits per heavy atom. The zero-order chi connectivity index (χ0) is 10.6. The zero-order valence-electron chi connectivity index (χ0n) is 7.27. The molecule has 0 saturated carbocycles. The van der Waals surface area contributed by atoms with E-state index in [9.17, 15) is 4.79 Å². The van der Waals surface area contributed by atoms with Crippen LogP contribution >= 0.6 is 15.9 Å². The number of hydrogen-bond donors (Lipinski definition) is 0. The first kappa shape index (κ1) is 10.6. The Labute approximate surface area is 88.4 Å². The molecule has 0 bridgehead atoms. The standard InChI is InChI=1S/C8H6BrN3O2/c1-14-8(13)5-2-6(9)4-7(3-5)11-12-10/h2-4H,1H3. The van der Waals surface area contributed by atoms with Crippen LogP contribution in [0.1, 0.15) is 10.4 Å². The highest BCUT2D eigenvalue weighted by Crippen LogP contribution is 2.22. The molecule has 72 valence electrons. The minimum Gasteiger partial charge on any atom is -0.465 e. The van der Waals surface area contributed by atoms with Gasteiger partial charge in [0, 0.05) is 15.1 Å². The molecule has 1 rings (SSSR count). The first-order valence-corrected chi connectivity index (χ1v) is 4.40. The highest BCUT2D eigenvalue weighted by atomic mass is 79.9. The molecule has 1 aromatic carbocycles. The van der Waals surface area contributed by atoms with Crippen LogP contribution < -0.4 is 0 Å². The summed E-state index contributed by atoms with van der Waals surface area (Å²) < 4.78 is 5.19. The van der Waals surface area contributed by atoms with Gasteiger partial charge in [0.1, 0.15) is 0 Å². The summed E-state index contributed by atoms with van der Waals surface area (Å²) in [6, 6.07) is 4.64. The molecule has 0 radical (unpaired) electrons. The van der Waals surface area contributed by atoms with Crippen LogP contribution in [0.2, 0.25) is 0 Å². The topological polar surface area (TPSA) is 75.1 Å². The number of benzene rings is 1. The average Bonchev–Trinajstić information content (AvgIpc) is 2.16. The quantitative estimate of drug-likeness (QED) is 0.352. The van der Waals surface area contributed by atoms with Gasteiger partial charge in [0.25, 0.3) is 0 Å². The van der Waals surface area contributed by atoms with E-state index in [-0.39, 0.29) is 0 Å². The SMILES string of the molecule is COC(=O)c1cc(Br)cc(N=[N+]=[N-])c1. The summed E-state index contributed by atoms with van der Waals surface area (Å²) >= 11 is 3.19. The van der Waals surface area contributed by atoms with Gasteiger partial charge < -0.3 is 4.74 Å². The summed E-state index contributed by atoms with van der Waals surface area (Å²) in [5.41, 5.74) is 8.92. The summed E-state index contributed by atoms with van der Waals surface area (Å²) in [4.78, 5) is 13.8. The maximum absolute atomic E-state index is 11.1. The molecule has 0 aliphatic rings. The predicted octanol–water partition coefficient (Wildman–Crippen LogP) is 3.18. The molecule has 0 unspecified atom stereocenters. The normalized spacial score (nSPS) is 9.00. The van der Waals surface area contributed by atoms with E-state index in [1.165, 1.54) is 13.2 Å². The smallest absolute Gasteiger partial charge is 0.337 e. The fourth-order valence-electron chi connectivity index (χ4n) is 0.919. The lowest BCUT2D eigenvalue weighted by Gasteiger charge is -2.00. The van der Waals surface area contributed by atoms with Crippen molar-refractivity contribution in [1.82, 2.24) is 0 Å². The van der Waals surface area contributed by atoms with Crippen molar-refractivity contribution in [3.63, 3.8) is 0 Å². The molecule has 5 nitrogen and oxygen atoms in total. The van der Waals surface area contributed by atoms with E-state index in [1.54, 1.807) is 12.1 Å². The molecule has 0 atom stereocenters.